The van der Waals surface area contributed by atoms with E-state index in [9.17, 15) is 9.59 Å². The van der Waals surface area contributed by atoms with E-state index in [4.69, 9.17) is 10.1 Å². The Balaban J connectivity index is 2.54. The molecule has 5 nitrogen and oxygen atoms in total. The van der Waals surface area contributed by atoms with Crippen molar-refractivity contribution >= 4 is 34.3 Å². The van der Waals surface area contributed by atoms with Gasteiger partial charge in [-0.3, -0.25) is 15.2 Å². The normalized spacial score (nSPS) is 13.4. The Bertz CT molecular complexity index is 756. The summed E-state index contributed by atoms with van der Waals surface area (Å²) in [5.74, 6) is 0.216. The van der Waals surface area contributed by atoms with Gasteiger partial charge < -0.3 is 4.74 Å². The van der Waals surface area contributed by atoms with Crippen LogP contribution in [0.5, 0.6) is 0 Å². The van der Waals surface area contributed by atoms with Crippen LogP contribution in [-0.4, -0.2) is 41.9 Å². The van der Waals surface area contributed by atoms with E-state index in [-0.39, 0.29) is 17.9 Å². The summed E-state index contributed by atoms with van der Waals surface area (Å²) in [6.07, 6.45) is 5.48. The second kappa shape index (κ2) is 10.4. The van der Waals surface area contributed by atoms with Crippen molar-refractivity contribution in [2.45, 2.75) is 52.4 Å². The highest BCUT2D eigenvalue weighted by atomic mass is 32.2. The van der Waals surface area contributed by atoms with Crippen molar-refractivity contribution in [2.24, 2.45) is 4.99 Å². The SMILES string of the molecule is CCCCCCc1cc(C(=N)C(=O)CC)cc(C(=O)OC)c1C1=NCCS1. The number of carbonyl (C=O) groups excluding carboxylic acids is 2. The molecule has 6 heteroatoms. The van der Waals surface area contributed by atoms with E-state index in [2.05, 4.69) is 11.9 Å². The molecule has 0 amide bonds. The number of ketones is 1. The molecule has 0 fully saturated rings. The van der Waals surface area contributed by atoms with Crippen LogP contribution in [0.3, 0.4) is 0 Å². The number of rotatable bonds is 10. The lowest BCUT2D eigenvalue weighted by molar-refractivity contribution is -0.112. The van der Waals surface area contributed by atoms with Gasteiger partial charge in [-0.25, -0.2) is 4.79 Å². The van der Waals surface area contributed by atoms with Gasteiger partial charge in [-0.05, 0) is 30.5 Å². The predicted octanol–water partition coefficient (Wildman–Crippen LogP) is 4.44. The lowest BCUT2D eigenvalue weighted by Crippen LogP contribution is -2.18. The van der Waals surface area contributed by atoms with Crippen LogP contribution in [-0.2, 0) is 16.0 Å². The van der Waals surface area contributed by atoms with Crippen LogP contribution in [0.2, 0.25) is 0 Å². The topological polar surface area (TPSA) is 79.6 Å². The smallest absolute Gasteiger partial charge is 0.338 e. The molecule has 0 bridgehead atoms. The fraction of sp³-hybridized carbons (Fsp3) is 0.524. The van der Waals surface area contributed by atoms with Gasteiger partial charge in [0.25, 0.3) is 0 Å². The maximum atomic E-state index is 12.5. The Labute approximate surface area is 165 Å². The summed E-state index contributed by atoms with van der Waals surface area (Å²) in [5, 5.41) is 9.07. The van der Waals surface area contributed by atoms with Gasteiger partial charge in [-0.1, -0.05) is 33.1 Å². The zero-order chi connectivity index (χ0) is 19.8. The first kappa shape index (κ1) is 21.4. The molecule has 1 aromatic carbocycles. The monoisotopic (exact) mass is 388 g/mol. The van der Waals surface area contributed by atoms with Gasteiger partial charge in [0.15, 0.2) is 5.78 Å². The number of hydrogen-bond acceptors (Lipinski definition) is 6. The van der Waals surface area contributed by atoms with Gasteiger partial charge in [0, 0.05) is 29.8 Å². The Morgan fingerprint density at radius 1 is 1.22 bits per heavy atom. The highest BCUT2D eigenvalue weighted by Gasteiger charge is 2.25. The van der Waals surface area contributed by atoms with Gasteiger partial charge in [-0.2, -0.15) is 0 Å². The maximum absolute atomic E-state index is 12.5. The molecule has 0 saturated heterocycles. The van der Waals surface area contributed by atoms with Crippen molar-refractivity contribution in [1.82, 2.24) is 0 Å². The van der Waals surface area contributed by atoms with Crippen molar-refractivity contribution in [2.75, 3.05) is 19.4 Å². The molecule has 1 heterocycles. The first-order chi connectivity index (χ1) is 13.0. The fourth-order valence-corrected chi connectivity index (χ4v) is 4.08. The number of esters is 1. The van der Waals surface area contributed by atoms with E-state index in [0.29, 0.717) is 11.1 Å². The number of Topliss-reactive ketones (excluding diaryl/α,β-unsaturated/α-hetero) is 1. The van der Waals surface area contributed by atoms with Crippen LogP contribution in [0.4, 0.5) is 0 Å². The number of unbranched alkanes of at least 4 members (excludes halogenated alkanes) is 3. The molecular weight excluding hydrogens is 360 g/mol. The molecule has 0 atom stereocenters. The molecule has 1 aromatic rings. The second-order valence-electron chi connectivity index (χ2n) is 6.55. The number of nitrogens with one attached hydrogen (secondary N) is 1. The van der Waals surface area contributed by atoms with Crippen LogP contribution in [0.25, 0.3) is 0 Å². The molecule has 0 spiro atoms. The van der Waals surface area contributed by atoms with E-state index in [0.717, 1.165) is 54.2 Å². The van der Waals surface area contributed by atoms with Crippen molar-refractivity contribution in [3.63, 3.8) is 0 Å². The molecule has 0 saturated carbocycles. The van der Waals surface area contributed by atoms with Crippen molar-refractivity contribution in [3.8, 4) is 0 Å². The Hall–Kier alpha value is -1.95. The first-order valence-electron chi connectivity index (χ1n) is 9.58. The molecule has 146 valence electrons. The number of methoxy groups -OCH3 is 1. The summed E-state index contributed by atoms with van der Waals surface area (Å²) in [6.45, 7) is 4.65. The lowest BCUT2D eigenvalue weighted by atomic mass is 9.91. The van der Waals surface area contributed by atoms with E-state index in [1.54, 1.807) is 24.8 Å². The second-order valence-corrected chi connectivity index (χ2v) is 7.63. The van der Waals surface area contributed by atoms with E-state index in [1.807, 2.05) is 6.07 Å². The largest absolute Gasteiger partial charge is 0.465 e. The molecule has 1 N–H and O–H groups in total. The van der Waals surface area contributed by atoms with Crippen molar-refractivity contribution < 1.29 is 14.3 Å². The van der Waals surface area contributed by atoms with Crippen molar-refractivity contribution in [1.29, 1.82) is 5.41 Å². The number of hydrogen-bond donors (Lipinski definition) is 1. The van der Waals surface area contributed by atoms with Crippen LogP contribution in [0.1, 0.15) is 73.0 Å². The molecular formula is C21H28N2O3S. The average Bonchev–Trinajstić information content (AvgIpc) is 3.23. The number of carbonyl (C=O) groups is 2. The summed E-state index contributed by atoms with van der Waals surface area (Å²) < 4.78 is 5.00. The summed E-state index contributed by atoms with van der Waals surface area (Å²) in [4.78, 5) is 29.1. The molecule has 1 aliphatic heterocycles. The quantitative estimate of drug-likeness (QED) is 0.365. The van der Waals surface area contributed by atoms with E-state index < -0.39 is 5.97 Å². The average molecular weight is 389 g/mol. The van der Waals surface area contributed by atoms with Gasteiger partial charge in [0.2, 0.25) is 0 Å². The minimum atomic E-state index is -0.450. The summed E-state index contributed by atoms with van der Waals surface area (Å²) >= 11 is 1.64. The number of thioether (sulfide) groups is 1. The maximum Gasteiger partial charge on any atom is 0.338 e. The molecule has 1 aliphatic rings. The number of benzene rings is 1. The molecule has 0 aromatic heterocycles. The minimum absolute atomic E-state index is 0.0509. The molecule has 0 unspecified atom stereocenters. The third-order valence-electron chi connectivity index (χ3n) is 4.61. The molecule has 27 heavy (non-hydrogen) atoms. The number of ether oxygens (including phenoxy) is 1. The van der Waals surface area contributed by atoms with Gasteiger partial charge >= 0.3 is 5.97 Å². The Morgan fingerprint density at radius 3 is 2.59 bits per heavy atom. The van der Waals surface area contributed by atoms with Crippen LogP contribution >= 0.6 is 11.8 Å². The summed E-state index contributed by atoms with van der Waals surface area (Å²) in [5.41, 5.74) is 2.64. The van der Waals surface area contributed by atoms with Gasteiger partial charge in [-0.15, -0.1) is 11.8 Å². The fourth-order valence-electron chi connectivity index (χ4n) is 3.13. The number of aliphatic imine (C=N–C) groups is 1. The zero-order valence-corrected chi connectivity index (χ0v) is 17.2. The predicted molar refractivity (Wildman–Crippen MR) is 112 cm³/mol. The Kier molecular flexibility index (Phi) is 8.23. The zero-order valence-electron chi connectivity index (χ0n) is 16.4. The molecule has 0 radical (unpaired) electrons. The highest BCUT2D eigenvalue weighted by Crippen LogP contribution is 2.29. The standard InChI is InChI=1S/C21H28N2O3S/c1-4-6-7-8-9-14-12-15(19(22)17(24)5-2)13-16(21(25)26-3)18(14)20-23-10-11-27-20/h12-13,22H,4-11H2,1-3H3. The number of aryl methyl sites for hydroxylation is 1. The van der Waals surface area contributed by atoms with E-state index in [1.165, 1.54) is 13.5 Å². The Morgan fingerprint density at radius 2 is 2.00 bits per heavy atom. The number of nitrogens with zero attached hydrogens (tertiary/aromatic N) is 1. The van der Waals surface area contributed by atoms with Crippen molar-refractivity contribution in [3.05, 3.63) is 34.4 Å². The third-order valence-corrected chi connectivity index (χ3v) is 5.61. The summed E-state index contributed by atoms with van der Waals surface area (Å²) in [7, 11) is 1.35. The first-order valence-corrected chi connectivity index (χ1v) is 10.6. The van der Waals surface area contributed by atoms with Crippen LogP contribution < -0.4 is 0 Å². The highest BCUT2D eigenvalue weighted by molar-refractivity contribution is 8.14. The third kappa shape index (κ3) is 5.28. The van der Waals surface area contributed by atoms with E-state index >= 15 is 0 Å². The molecule has 2 rings (SSSR count). The summed E-state index contributed by atoms with van der Waals surface area (Å²) in [6, 6.07) is 3.51. The van der Waals surface area contributed by atoms with Gasteiger partial charge in [0.1, 0.15) is 5.71 Å². The lowest BCUT2D eigenvalue weighted by Gasteiger charge is -2.16. The van der Waals surface area contributed by atoms with Gasteiger partial charge in [0.05, 0.1) is 17.7 Å². The molecule has 0 aliphatic carbocycles. The minimum Gasteiger partial charge on any atom is -0.465 e. The van der Waals surface area contributed by atoms with Crippen LogP contribution in [0.15, 0.2) is 17.1 Å². The van der Waals surface area contributed by atoms with Crippen LogP contribution in [0, 0.1) is 5.41 Å².